The number of thioether (sulfide) groups is 1. The summed E-state index contributed by atoms with van der Waals surface area (Å²) in [5.41, 5.74) is 8.07. The number of halogens is 1. The lowest BCUT2D eigenvalue weighted by atomic mass is 10.2. The number of amidine groups is 1. The van der Waals surface area contributed by atoms with Gasteiger partial charge in [0.1, 0.15) is 0 Å². The van der Waals surface area contributed by atoms with Gasteiger partial charge in [0.15, 0.2) is 0 Å². The Kier molecular flexibility index (Phi) is 4.03. The molecule has 0 aliphatic heterocycles. The van der Waals surface area contributed by atoms with Crippen molar-refractivity contribution >= 4 is 43.8 Å². The standard InChI is InChI=1S/C16H14BrN3S/c17-12-7-5-11(6-8-12)9-20-10-15(21-16(18)19)13-3-1-2-4-14(13)20/h1-8,10H,9H2,(H3,18,19)/p+1. The van der Waals surface area contributed by atoms with E-state index in [2.05, 4.69) is 63.1 Å². The molecule has 0 saturated heterocycles. The lowest BCUT2D eigenvalue weighted by Gasteiger charge is -2.05. The maximum Gasteiger partial charge on any atom is 0.304 e. The third-order valence-electron chi connectivity index (χ3n) is 3.25. The van der Waals surface area contributed by atoms with Crippen molar-refractivity contribution in [2.24, 2.45) is 5.73 Å². The minimum absolute atomic E-state index is 0.363. The number of para-hydroxylation sites is 1. The fourth-order valence-electron chi connectivity index (χ4n) is 2.34. The molecule has 0 spiro atoms. The van der Waals surface area contributed by atoms with Gasteiger partial charge in [-0.2, -0.15) is 0 Å². The number of hydrogen-bond acceptors (Lipinski definition) is 1. The molecule has 1 aromatic heterocycles. The minimum Gasteiger partial charge on any atom is -0.342 e. The quantitative estimate of drug-likeness (QED) is 0.428. The van der Waals surface area contributed by atoms with E-state index in [4.69, 9.17) is 11.1 Å². The third-order valence-corrected chi connectivity index (χ3v) is 4.56. The molecule has 3 rings (SSSR count). The van der Waals surface area contributed by atoms with E-state index in [1.165, 1.54) is 28.2 Å². The summed E-state index contributed by atoms with van der Waals surface area (Å²) < 4.78 is 3.31. The molecule has 0 saturated carbocycles. The average molecular weight is 361 g/mol. The zero-order valence-corrected chi connectivity index (χ0v) is 13.7. The van der Waals surface area contributed by atoms with Crippen LogP contribution in [0.15, 0.2) is 64.1 Å². The van der Waals surface area contributed by atoms with Gasteiger partial charge < -0.3 is 4.57 Å². The van der Waals surface area contributed by atoms with Gasteiger partial charge in [-0.15, -0.1) is 0 Å². The number of nitrogens with zero attached hydrogens (tertiary/aromatic N) is 1. The van der Waals surface area contributed by atoms with Crippen molar-refractivity contribution in [1.29, 1.82) is 0 Å². The zero-order chi connectivity index (χ0) is 14.8. The maximum absolute atomic E-state index is 5.64. The molecule has 0 fully saturated rings. The Hall–Kier alpha value is -1.72. The largest absolute Gasteiger partial charge is 0.342 e. The van der Waals surface area contributed by atoms with Gasteiger partial charge in [0.2, 0.25) is 0 Å². The van der Waals surface area contributed by atoms with Crippen LogP contribution in [-0.2, 0) is 6.54 Å². The van der Waals surface area contributed by atoms with Crippen molar-refractivity contribution in [1.82, 2.24) is 4.57 Å². The highest BCUT2D eigenvalue weighted by Gasteiger charge is 2.11. The summed E-state index contributed by atoms with van der Waals surface area (Å²) in [4.78, 5) is 1.09. The minimum atomic E-state index is 0.363. The summed E-state index contributed by atoms with van der Waals surface area (Å²) in [6.45, 7) is 0.818. The molecule has 5 heteroatoms. The first kappa shape index (κ1) is 14.2. The molecule has 0 radical (unpaired) electrons. The fraction of sp³-hybridized carbons (Fsp3) is 0.0625. The van der Waals surface area contributed by atoms with Crippen LogP contribution in [0.3, 0.4) is 0 Å². The first-order valence-electron chi connectivity index (χ1n) is 6.51. The highest BCUT2D eigenvalue weighted by Crippen LogP contribution is 2.29. The summed E-state index contributed by atoms with van der Waals surface area (Å²) in [5.74, 6) is 0. The van der Waals surface area contributed by atoms with E-state index in [1.807, 2.05) is 12.1 Å². The van der Waals surface area contributed by atoms with Crippen LogP contribution < -0.4 is 11.1 Å². The Labute approximate surface area is 135 Å². The fourth-order valence-corrected chi connectivity index (χ4v) is 3.32. The maximum atomic E-state index is 5.64. The molecule has 0 amide bonds. The molecule has 0 aliphatic rings. The lowest BCUT2D eigenvalue weighted by Crippen LogP contribution is -2.43. The predicted molar refractivity (Wildman–Crippen MR) is 92.2 cm³/mol. The Bertz CT molecular complexity index is 793. The van der Waals surface area contributed by atoms with Crippen LogP contribution in [-0.4, -0.2) is 9.73 Å². The smallest absolute Gasteiger partial charge is 0.304 e. The van der Waals surface area contributed by atoms with Crippen molar-refractivity contribution in [3.63, 3.8) is 0 Å². The van der Waals surface area contributed by atoms with E-state index in [-0.39, 0.29) is 0 Å². The van der Waals surface area contributed by atoms with Crippen LogP contribution in [0.25, 0.3) is 10.9 Å². The van der Waals surface area contributed by atoms with Crippen molar-refractivity contribution < 1.29 is 5.41 Å². The molecular formula is C16H15BrN3S+. The van der Waals surface area contributed by atoms with Crippen molar-refractivity contribution in [2.45, 2.75) is 11.4 Å². The summed E-state index contributed by atoms with van der Waals surface area (Å²) in [5, 5.41) is 7.17. The van der Waals surface area contributed by atoms with Gasteiger partial charge in [-0.05, 0) is 35.5 Å². The van der Waals surface area contributed by atoms with Crippen molar-refractivity contribution in [3.05, 3.63) is 64.8 Å². The van der Waals surface area contributed by atoms with Gasteiger partial charge >= 0.3 is 5.17 Å². The monoisotopic (exact) mass is 360 g/mol. The lowest BCUT2D eigenvalue weighted by molar-refractivity contribution is -0.110. The Morgan fingerprint density at radius 2 is 1.86 bits per heavy atom. The molecule has 3 aromatic rings. The molecule has 2 aromatic carbocycles. The van der Waals surface area contributed by atoms with Gasteiger partial charge in [0, 0.05) is 33.0 Å². The van der Waals surface area contributed by atoms with E-state index in [0.29, 0.717) is 5.17 Å². The summed E-state index contributed by atoms with van der Waals surface area (Å²) in [6.07, 6.45) is 2.11. The van der Waals surface area contributed by atoms with E-state index < -0.39 is 0 Å². The van der Waals surface area contributed by atoms with Crippen molar-refractivity contribution in [2.75, 3.05) is 0 Å². The van der Waals surface area contributed by atoms with Gasteiger partial charge in [-0.3, -0.25) is 11.1 Å². The normalized spacial score (nSPS) is 10.9. The van der Waals surface area contributed by atoms with Crippen LogP contribution in [0.1, 0.15) is 5.56 Å². The van der Waals surface area contributed by atoms with Gasteiger partial charge in [0.25, 0.3) is 0 Å². The number of rotatable bonds is 3. The first-order valence-corrected chi connectivity index (χ1v) is 8.12. The molecule has 3 nitrogen and oxygen atoms in total. The SMILES string of the molecule is NC(=[NH2+])Sc1cn(Cc2ccc(Br)cc2)c2ccccc12. The predicted octanol–water partition coefficient (Wildman–Crippen LogP) is 2.62. The Balaban J connectivity index is 2.01. The van der Waals surface area contributed by atoms with Crippen molar-refractivity contribution in [3.8, 4) is 0 Å². The van der Waals surface area contributed by atoms with E-state index in [0.717, 1.165) is 15.9 Å². The second-order valence-electron chi connectivity index (χ2n) is 4.77. The van der Waals surface area contributed by atoms with Crippen LogP contribution >= 0.6 is 27.7 Å². The number of nitrogens with two attached hydrogens (primary N) is 2. The summed E-state index contributed by atoms with van der Waals surface area (Å²) in [6, 6.07) is 16.6. The Morgan fingerprint density at radius 1 is 1.14 bits per heavy atom. The van der Waals surface area contributed by atoms with Gasteiger partial charge in [0.05, 0.1) is 0 Å². The molecule has 1 heterocycles. The van der Waals surface area contributed by atoms with Crippen LogP contribution in [0.2, 0.25) is 0 Å². The van der Waals surface area contributed by atoms with Crippen LogP contribution in [0.4, 0.5) is 0 Å². The molecule has 0 atom stereocenters. The number of fused-ring (bicyclic) bond motifs is 1. The van der Waals surface area contributed by atoms with Gasteiger partial charge in [-0.1, -0.05) is 46.3 Å². The van der Waals surface area contributed by atoms with Crippen LogP contribution in [0.5, 0.6) is 0 Å². The molecule has 4 N–H and O–H groups in total. The molecule has 0 unspecified atom stereocenters. The van der Waals surface area contributed by atoms with Crippen LogP contribution in [0, 0.1) is 0 Å². The summed E-state index contributed by atoms with van der Waals surface area (Å²) in [7, 11) is 0. The average Bonchev–Trinajstić information content (AvgIpc) is 2.79. The molecule has 0 bridgehead atoms. The molecule has 21 heavy (non-hydrogen) atoms. The first-order chi connectivity index (χ1) is 10.1. The number of benzene rings is 2. The third kappa shape index (κ3) is 3.14. The molecule has 0 aliphatic carbocycles. The second kappa shape index (κ2) is 5.95. The highest BCUT2D eigenvalue weighted by atomic mass is 79.9. The van der Waals surface area contributed by atoms with E-state index in [9.17, 15) is 0 Å². The topological polar surface area (TPSA) is 56.5 Å². The molecule has 106 valence electrons. The van der Waals surface area contributed by atoms with E-state index in [1.54, 1.807) is 0 Å². The number of aromatic nitrogens is 1. The highest BCUT2D eigenvalue weighted by molar-refractivity contribution is 9.10. The second-order valence-corrected chi connectivity index (χ2v) is 6.80. The van der Waals surface area contributed by atoms with E-state index >= 15 is 0 Å². The summed E-state index contributed by atoms with van der Waals surface area (Å²) >= 11 is 4.87. The Morgan fingerprint density at radius 3 is 2.57 bits per heavy atom. The number of hydrogen-bond donors (Lipinski definition) is 2. The zero-order valence-electron chi connectivity index (χ0n) is 11.3. The molecular weight excluding hydrogens is 346 g/mol. The van der Waals surface area contributed by atoms with Gasteiger partial charge in [-0.25, -0.2) is 0 Å².